The topological polar surface area (TPSA) is 97.8 Å². The van der Waals surface area contributed by atoms with Crippen molar-refractivity contribution >= 4 is 11.8 Å². The number of rotatable bonds is 5. The van der Waals surface area contributed by atoms with Crippen LogP contribution in [0.3, 0.4) is 0 Å². The summed E-state index contributed by atoms with van der Waals surface area (Å²) >= 11 is 0. The van der Waals surface area contributed by atoms with Crippen molar-refractivity contribution in [1.82, 2.24) is 9.80 Å². The van der Waals surface area contributed by atoms with E-state index in [0.717, 1.165) is 13.0 Å². The van der Waals surface area contributed by atoms with Crippen LogP contribution in [-0.2, 0) is 28.5 Å². The molecule has 2 aliphatic rings. The highest BCUT2D eigenvalue weighted by molar-refractivity contribution is 6.03. The minimum atomic E-state index is -1.35. The number of esters is 1. The maximum atomic E-state index is 13.6. The molecule has 0 amide bonds. The van der Waals surface area contributed by atoms with Crippen molar-refractivity contribution < 1.29 is 33.6 Å². The van der Waals surface area contributed by atoms with Gasteiger partial charge in [-0.3, -0.25) is 14.5 Å². The minimum Gasteiger partial charge on any atom is -0.463 e. The summed E-state index contributed by atoms with van der Waals surface area (Å²) in [5.41, 5.74) is -2.21. The first-order chi connectivity index (χ1) is 16.7. The Kier molecular flexibility index (Phi) is 10.9. The number of aliphatic hydroxyl groups is 1. The van der Waals surface area contributed by atoms with E-state index < -0.39 is 35.5 Å². The maximum absolute atomic E-state index is 13.6. The van der Waals surface area contributed by atoms with Crippen LogP contribution in [0.1, 0.15) is 67.2 Å². The van der Waals surface area contributed by atoms with Crippen LogP contribution in [0.15, 0.2) is 0 Å². The number of carbonyl (C=O) groups excluding carboxylic acids is 2. The van der Waals surface area contributed by atoms with Crippen LogP contribution in [-0.4, -0.2) is 110 Å². The van der Waals surface area contributed by atoms with Crippen molar-refractivity contribution in [2.24, 2.45) is 11.3 Å². The smallest absolute Gasteiger partial charge is 0.319 e. The van der Waals surface area contributed by atoms with Crippen molar-refractivity contribution in [3.8, 4) is 0 Å². The number of methoxy groups -OCH3 is 1. The van der Waals surface area contributed by atoms with Crippen molar-refractivity contribution in [3.63, 3.8) is 0 Å². The summed E-state index contributed by atoms with van der Waals surface area (Å²) in [6, 6.07) is -0.0953. The highest BCUT2D eigenvalue weighted by atomic mass is 16.7. The van der Waals surface area contributed by atoms with Crippen LogP contribution in [0.25, 0.3) is 0 Å². The highest BCUT2D eigenvalue weighted by Crippen LogP contribution is 2.35. The molecule has 3 unspecified atom stereocenters. The summed E-state index contributed by atoms with van der Waals surface area (Å²) in [6.07, 6.45) is -0.668. The van der Waals surface area contributed by atoms with Crippen LogP contribution in [0.2, 0.25) is 0 Å². The van der Waals surface area contributed by atoms with Crippen molar-refractivity contribution in [1.29, 1.82) is 0 Å². The van der Waals surface area contributed by atoms with Crippen LogP contribution in [0.5, 0.6) is 0 Å². The molecule has 1 N–H and O–H groups in total. The largest absolute Gasteiger partial charge is 0.463 e. The van der Waals surface area contributed by atoms with E-state index in [1.54, 1.807) is 21.0 Å². The Labute approximate surface area is 217 Å². The SMILES string of the molecule is CC[C@H]1COC(=O)C(C)(C)C(=O)C[C@@H](OC2OC(C)CC(N(C)C)[C@H]2O)[C@](C)(OC)C[C@@H](C)CN1C. The fourth-order valence-corrected chi connectivity index (χ4v) is 5.41. The Balaban J connectivity index is 2.45. The number of aliphatic hydroxyl groups excluding tert-OH is 1. The number of nitrogens with zero attached hydrogens (tertiary/aromatic N) is 2. The average Bonchev–Trinajstić information content (AvgIpc) is 2.79. The third-order valence-corrected chi connectivity index (χ3v) is 8.16. The summed E-state index contributed by atoms with van der Waals surface area (Å²) < 4.78 is 24.2. The second kappa shape index (κ2) is 12.6. The Morgan fingerprint density at radius 1 is 1.19 bits per heavy atom. The number of likely N-dealkylation sites (N-methyl/N-ethyl adjacent to an activating group) is 2. The molecule has 0 saturated carbocycles. The van der Waals surface area contributed by atoms with Gasteiger partial charge in [0.1, 0.15) is 18.1 Å². The molecule has 0 aromatic rings. The molecule has 2 aliphatic heterocycles. The molecule has 8 atom stereocenters. The average molecular weight is 515 g/mol. The van der Waals surface area contributed by atoms with Gasteiger partial charge in [0.25, 0.3) is 0 Å². The molecule has 0 radical (unpaired) electrons. The molecular formula is C27H50N2O7. The maximum Gasteiger partial charge on any atom is 0.319 e. The Morgan fingerprint density at radius 3 is 2.39 bits per heavy atom. The first-order valence-electron chi connectivity index (χ1n) is 13.3. The number of carbonyl (C=O) groups is 2. The zero-order valence-electron chi connectivity index (χ0n) is 24.1. The number of ketones is 1. The van der Waals surface area contributed by atoms with Crippen LogP contribution >= 0.6 is 0 Å². The van der Waals surface area contributed by atoms with Gasteiger partial charge < -0.3 is 29.0 Å². The molecule has 0 spiro atoms. The molecule has 0 aromatic heterocycles. The lowest BCUT2D eigenvalue weighted by Crippen LogP contribution is -2.57. The predicted molar refractivity (Wildman–Crippen MR) is 138 cm³/mol. The zero-order valence-corrected chi connectivity index (χ0v) is 24.1. The van der Waals surface area contributed by atoms with Gasteiger partial charge in [-0.25, -0.2) is 0 Å². The van der Waals surface area contributed by atoms with E-state index in [1.807, 2.05) is 39.9 Å². The molecule has 2 saturated heterocycles. The van der Waals surface area contributed by atoms with E-state index in [4.69, 9.17) is 18.9 Å². The molecule has 0 bridgehead atoms. The zero-order chi connectivity index (χ0) is 27.4. The van der Waals surface area contributed by atoms with Gasteiger partial charge in [-0.2, -0.15) is 0 Å². The van der Waals surface area contributed by atoms with Gasteiger partial charge in [0, 0.05) is 32.2 Å². The van der Waals surface area contributed by atoms with Crippen LogP contribution < -0.4 is 0 Å². The van der Waals surface area contributed by atoms with E-state index in [1.165, 1.54) is 0 Å². The van der Waals surface area contributed by atoms with Crippen molar-refractivity contribution in [2.75, 3.05) is 41.4 Å². The van der Waals surface area contributed by atoms with Gasteiger partial charge in [-0.15, -0.1) is 0 Å². The summed E-state index contributed by atoms with van der Waals surface area (Å²) in [7, 11) is 7.48. The predicted octanol–water partition coefficient (Wildman–Crippen LogP) is 2.48. The van der Waals surface area contributed by atoms with Crippen molar-refractivity contribution in [2.45, 2.75) is 110 Å². The third-order valence-electron chi connectivity index (χ3n) is 8.16. The van der Waals surface area contributed by atoms with Crippen molar-refractivity contribution in [3.05, 3.63) is 0 Å². The number of hydrogen-bond acceptors (Lipinski definition) is 9. The Bertz CT molecular complexity index is 746. The number of Topliss-reactive ketones (excluding diaryl/α,β-unsaturated/α-hetero) is 1. The lowest BCUT2D eigenvalue weighted by atomic mass is 9.79. The quantitative estimate of drug-likeness (QED) is 0.438. The van der Waals surface area contributed by atoms with E-state index >= 15 is 0 Å². The van der Waals surface area contributed by atoms with Gasteiger partial charge in [0.2, 0.25) is 0 Å². The molecular weight excluding hydrogens is 464 g/mol. The van der Waals surface area contributed by atoms with Gasteiger partial charge in [-0.05, 0) is 74.0 Å². The molecule has 9 nitrogen and oxygen atoms in total. The standard InChI is InChI=1S/C27H50N2O7/c1-11-19-16-34-25(32)26(4,5)21(30)13-22(27(6,33-10)14-17(2)15-29(19)9)36-24-23(31)20(28(7)8)12-18(3)35-24/h17-20,22-24,31H,11-16H2,1-10H3/t17-,18?,19+,20?,22-,23-,24?,27-/m1/s1. The first-order valence-corrected chi connectivity index (χ1v) is 13.3. The van der Waals surface area contributed by atoms with Gasteiger partial charge in [-0.1, -0.05) is 13.8 Å². The summed E-state index contributed by atoms with van der Waals surface area (Å²) in [6.45, 7) is 12.3. The fourth-order valence-electron chi connectivity index (χ4n) is 5.41. The summed E-state index contributed by atoms with van der Waals surface area (Å²) in [5.74, 6) is -0.637. The molecule has 9 heteroatoms. The second-order valence-electron chi connectivity index (χ2n) is 11.9. The molecule has 0 aliphatic carbocycles. The molecule has 210 valence electrons. The molecule has 2 heterocycles. The normalized spacial score (nSPS) is 39.7. The number of ether oxygens (including phenoxy) is 4. The summed E-state index contributed by atoms with van der Waals surface area (Å²) in [5, 5.41) is 11.1. The summed E-state index contributed by atoms with van der Waals surface area (Å²) in [4.78, 5) is 30.7. The molecule has 0 aromatic carbocycles. The molecule has 2 fully saturated rings. The van der Waals surface area contributed by atoms with Gasteiger partial charge in [0.05, 0.1) is 17.8 Å². The molecule has 36 heavy (non-hydrogen) atoms. The number of cyclic esters (lactones) is 1. The lowest BCUT2D eigenvalue weighted by molar-refractivity contribution is -0.289. The van der Waals surface area contributed by atoms with Crippen LogP contribution in [0, 0.1) is 11.3 Å². The highest BCUT2D eigenvalue weighted by Gasteiger charge is 2.48. The lowest BCUT2D eigenvalue weighted by Gasteiger charge is -2.45. The second-order valence-corrected chi connectivity index (χ2v) is 11.9. The monoisotopic (exact) mass is 514 g/mol. The number of hydrogen-bond donors (Lipinski definition) is 1. The fraction of sp³-hybridized carbons (Fsp3) is 0.926. The third kappa shape index (κ3) is 7.26. The van der Waals surface area contributed by atoms with Gasteiger partial charge in [0.15, 0.2) is 12.1 Å². The Hall–Kier alpha value is -1.10. The van der Waals surface area contributed by atoms with E-state index in [0.29, 0.717) is 12.8 Å². The Morgan fingerprint density at radius 2 is 1.83 bits per heavy atom. The van der Waals surface area contributed by atoms with E-state index in [2.05, 4.69) is 18.7 Å². The minimum absolute atomic E-state index is 0.0548. The van der Waals surface area contributed by atoms with E-state index in [-0.39, 0.29) is 42.9 Å². The van der Waals surface area contributed by atoms with Crippen LogP contribution in [0.4, 0.5) is 0 Å². The first kappa shape index (κ1) is 31.1. The van der Waals surface area contributed by atoms with Gasteiger partial charge >= 0.3 is 5.97 Å². The van der Waals surface area contributed by atoms with E-state index in [9.17, 15) is 14.7 Å². The molecule has 2 rings (SSSR count).